The maximum Gasteiger partial charge on any atom is 0.322 e. The zero-order valence-corrected chi connectivity index (χ0v) is 14.5. The Hall–Kier alpha value is -2.57. The van der Waals surface area contributed by atoms with Crippen molar-refractivity contribution in [3.63, 3.8) is 0 Å². The molecule has 2 saturated heterocycles. The van der Waals surface area contributed by atoms with Crippen molar-refractivity contribution in [3.8, 4) is 0 Å². The normalized spacial score (nSPS) is 26.2. The minimum atomic E-state index is -0.538. The summed E-state index contributed by atoms with van der Waals surface area (Å²) in [6.07, 6.45) is 2.62. The van der Waals surface area contributed by atoms with E-state index in [1.807, 2.05) is 29.2 Å². The molecule has 0 aliphatic carbocycles. The Morgan fingerprint density at radius 1 is 1.24 bits per heavy atom. The van der Waals surface area contributed by atoms with Crippen molar-refractivity contribution in [2.75, 3.05) is 11.9 Å². The van der Waals surface area contributed by atoms with Crippen LogP contribution in [-0.4, -0.2) is 41.5 Å². The number of carbonyl (C=O) groups is 3. The van der Waals surface area contributed by atoms with Crippen LogP contribution in [0, 0.1) is 5.92 Å². The molecule has 0 aromatic heterocycles. The van der Waals surface area contributed by atoms with Gasteiger partial charge in [-0.3, -0.25) is 10.1 Å². The van der Waals surface area contributed by atoms with Crippen molar-refractivity contribution in [1.82, 2.24) is 15.5 Å². The maximum absolute atomic E-state index is 12.5. The molecule has 0 spiro atoms. The summed E-state index contributed by atoms with van der Waals surface area (Å²) in [6.45, 7) is 5.05. The summed E-state index contributed by atoms with van der Waals surface area (Å²) < 4.78 is 0. The van der Waals surface area contributed by atoms with Gasteiger partial charge in [0.1, 0.15) is 6.04 Å². The highest BCUT2D eigenvalue weighted by Crippen LogP contribution is 2.23. The fourth-order valence-electron chi connectivity index (χ4n) is 3.38. The van der Waals surface area contributed by atoms with E-state index < -0.39 is 12.1 Å². The lowest BCUT2D eigenvalue weighted by molar-refractivity contribution is -0.120. The Morgan fingerprint density at radius 3 is 2.60 bits per heavy atom. The van der Waals surface area contributed by atoms with Crippen LogP contribution in [-0.2, 0) is 11.2 Å². The van der Waals surface area contributed by atoms with Crippen LogP contribution < -0.4 is 16.0 Å². The Bertz CT molecular complexity index is 673. The number of carbonyl (C=O) groups excluding carboxylic acids is 3. The van der Waals surface area contributed by atoms with Gasteiger partial charge in [0.25, 0.3) is 5.91 Å². The van der Waals surface area contributed by atoms with Gasteiger partial charge >= 0.3 is 12.1 Å². The monoisotopic (exact) mass is 344 g/mol. The summed E-state index contributed by atoms with van der Waals surface area (Å²) in [5.41, 5.74) is 1.64. The Labute approximate surface area is 147 Å². The zero-order chi connectivity index (χ0) is 18.0. The highest BCUT2D eigenvalue weighted by molar-refractivity contribution is 6.04. The fraction of sp³-hybridized carbons (Fsp3) is 0.500. The number of hydrogen-bond acceptors (Lipinski definition) is 3. The van der Waals surface area contributed by atoms with Gasteiger partial charge < -0.3 is 15.5 Å². The number of nitrogens with one attached hydrogen (secondary N) is 3. The average molecular weight is 344 g/mol. The Morgan fingerprint density at radius 2 is 1.96 bits per heavy atom. The smallest absolute Gasteiger partial charge is 0.322 e. The number of nitrogens with zero attached hydrogens (tertiary/aromatic N) is 1. The van der Waals surface area contributed by atoms with E-state index in [4.69, 9.17) is 0 Å². The number of benzene rings is 1. The van der Waals surface area contributed by atoms with Crippen molar-refractivity contribution >= 4 is 23.7 Å². The summed E-state index contributed by atoms with van der Waals surface area (Å²) in [5.74, 6) is 0.199. The van der Waals surface area contributed by atoms with Crippen molar-refractivity contribution in [3.05, 3.63) is 29.8 Å². The molecule has 0 saturated carbocycles. The van der Waals surface area contributed by atoms with E-state index >= 15 is 0 Å². The van der Waals surface area contributed by atoms with Crippen LogP contribution in [0.4, 0.5) is 15.3 Å². The van der Waals surface area contributed by atoms with Crippen LogP contribution in [0.25, 0.3) is 0 Å². The van der Waals surface area contributed by atoms with Crippen molar-refractivity contribution in [2.24, 2.45) is 5.92 Å². The largest absolute Gasteiger partial charge is 0.326 e. The van der Waals surface area contributed by atoms with Gasteiger partial charge in [0, 0.05) is 24.7 Å². The van der Waals surface area contributed by atoms with E-state index in [2.05, 4.69) is 29.8 Å². The molecule has 1 aromatic carbocycles. The van der Waals surface area contributed by atoms with Crippen LogP contribution in [0.3, 0.4) is 0 Å². The molecule has 3 atom stereocenters. The molecule has 134 valence electrons. The molecule has 2 aliphatic heterocycles. The zero-order valence-electron chi connectivity index (χ0n) is 14.5. The maximum atomic E-state index is 12.5. The van der Waals surface area contributed by atoms with Crippen LogP contribution in [0.15, 0.2) is 24.3 Å². The van der Waals surface area contributed by atoms with Crippen LogP contribution in [0.2, 0.25) is 0 Å². The van der Waals surface area contributed by atoms with E-state index in [1.54, 1.807) is 0 Å². The van der Waals surface area contributed by atoms with Gasteiger partial charge in [-0.15, -0.1) is 0 Å². The summed E-state index contributed by atoms with van der Waals surface area (Å²) in [5, 5.41) is 7.73. The molecule has 0 bridgehead atoms. The highest BCUT2D eigenvalue weighted by Gasteiger charge is 2.30. The van der Waals surface area contributed by atoms with Crippen molar-refractivity contribution < 1.29 is 14.4 Å². The minimum absolute atomic E-state index is 0.0748. The number of urea groups is 2. The van der Waals surface area contributed by atoms with Gasteiger partial charge in [-0.1, -0.05) is 19.1 Å². The molecule has 2 heterocycles. The third kappa shape index (κ3) is 3.92. The second-order valence-electron chi connectivity index (χ2n) is 6.90. The van der Waals surface area contributed by atoms with Crippen LogP contribution >= 0.6 is 0 Å². The molecular formula is C18H24N4O3. The number of hydrogen-bond donors (Lipinski definition) is 3. The molecule has 5 amide bonds. The number of rotatable bonds is 3. The van der Waals surface area contributed by atoms with E-state index in [0.717, 1.165) is 30.6 Å². The molecule has 0 radical (unpaired) electrons. The van der Waals surface area contributed by atoms with Gasteiger partial charge in [-0.05, 0) is 43.4 Å². The van der Waals surface area contributed by atoms with E-state index in [-0.39, 0.29) is 18.0 Å². The van der Waals surface area contributed by atoms with Crippen LogP contribution in [0.5, 0.6) is 0 Å². The molecule has 2 aliphatic rings. The first-order chi connectivity index (χ1) is 11.9. The van der Waals surface area contributed by atoms with Gasteiger partial charge in [0.2, 0.25) is 0 Å². The lowest BCUT2D eigenvalue weighted by Gasteiger charge is -2.37. The van der Waals surface area contributed by atoms with Gasteiger partial charge in [-0.25, -0.2) is 9.59 Å². The number of amides is 5. The van der Waals surface area contributed by atoms with Gasteiger partial charge in [-0.2, -0.15) is 0 Å². The SMILES string of the molecule is C[C@@H]1CCCN(C(=O)Nc2ccc(C[C@@H]3NC(=O)NC3=O)cc2)[C@@H]1C. The lowest BCUT2D eigenvalue weighted by Crippen LogP contribution is -2.47. The minimum Gasteiger partial charge on any atom is -0.326 e. The first-order valence-corrected chi connectivity index (χ1v) is 8.72. The second kappa shape index (κ2) is 7.13. The Kier molecular flexibility index (Phi) is 4.92. The van der Waals surface area contributed by atoms with Crippen molar-refractivity contribution in [2.45, 2.75) is 45.2 Å². The molecule has 3 rings (SSSR count). The van der Waals surface area contributed by atoms with Crippen LogP contribution in [0.1, 0.15) is 32.3 Å². The van der Waals surface area contributed by atoms with Gasteiger partial charge in [0.05, 0.1) is 0 Å². The standard InChI is InChI=1S/C18H24N4O3/c1-11-4-3-9-22(12(11)2)18(25)19-14-7-5-13(6-8-14)10-15-16(23)21-17(24)20-15/h5-8,11-12,15H,3-4,9-10H2,1-2H3,(H,19,25)(H2,20,21,23,24)/t11-,12-,15+/m1/s1. The molecule has 25 heavy (non-hydrogen) atoms. The lowest BCUT2D eigenvalue weighted by atomic mass is 9.92. The summed E-state index contributed by atoms with van der Waals surface area (Å²) >= 11 is 0. The summed E-state index contributed by atoms with van der Waals surface area (Å²) in [6, 6.07) is 6.52. The molecule has 2 fully saturated rings. The van der Waals surface area contributed by atoms with Crippen molar-refractivity contribution in [1.29, 1.82) is 0 Å². The predicted molar refractivity (Wildman–Crippen MR) is 94.2 cm³/mol. The molecule has 7 heteroatoms. The van der Waals surface area contributed by atoms with E-state index in [9.17, 15) is 14.4 Å². The fourth-order valence-corrected chi connectivity index (χ4v) is 3.38. The number of piperidine rings is 1. The number of likely N-dealkylation sites (tertiary alicyclic amines) is 1. The average Bonchev–Trinajstić information content (AvgIpc) is 2.89. The first kappa shape index (κ1) is 17.3. The number of anilines is 1. The highest BCUT2D eigenvalue weighted by atomic mass is 16.2. The quantitative estimate of drug-likeness (QED) is 0.733. The summed E-state index contributed by atoms with van der Waals surface area (Å²) in [7, 11) is 0. The first-order valence-electron chi connectivity index (χ1n) is 8.72. The third-order valence-corrected chi connectivity index (χ3v) is 5.14. The van der Waals surface area contributed by atoms with E-state index in [0.29, 0.717) is 12.3 Å². The molecule has 1 aromatic rings. The van der Waals surface area contributed by atoms with Gasteiger partial charge in [0.15, 0.2) is 0 Å². The number of imide groups is 1. The second-order valence-corrected chi connectivity index (χ2v) is 6.90. The Balaban J connectivity index is 1.58. The third-order valence-electron chi connectivity index (χ3n) is 5.14. The van der Waals surface area contributed by atoms with E-state index in [1.165, 1.54) is 0 Å². The topological polar surface area (TPSA) is 90.5 Å². The summed E-state index contributed by atoms with van der Waals surface area (Å²) in [4.78, 5) is 37.1. The molecule has 0 unspecified atom stereocenters. The predicted octanol–water partition coefficient (Wildman–Crippen LogP) is 2.09. The molecular weight excluding hydrogens is 320 g/mol. The molecule has 7 nitrogen and oxygen atoms in total. The molecule has 3 N–H and O–H groups in total.